The van der Waals surface area contributed by atoms with Gasteiger partial charge in [0.05, 0.1) is 0 Å². The molecule has 102 valence electrons. The van der Waals surface area contributed by atoms with Crippen molar-refractivity contribution in [3.05, 3.63) is 59.2 Å². The highest BCUT2D eigenvalue weighted by atomic mass is 16.4. The maximum Gasteiger partial charge on any atom is 0.339 e. The van der Waals surface area contributed by atoms with Crippen molar-refractivity contribution in [3.63, 3.8) is 0 Å². The van der Waals surface area contributed by atoms with E-state index in [1.165, 1.54) is 18.2 Å². The number of carboxylic acid groups (broad SMARTS) is 1. The van der Waals surface area contributed by atoms with Crippen LogP contribution < -0.4 is 5.32 Å². The summed E-state index contributed by atoms with van der Waals surface area (Å²) in [6.07, 6.45) is 0. The van der Waals surface area contributed by atoms with Crippen molar-refractivity contribution in [1.29, 1.82) is 0 Å². The number of rotatable bonds is 3. The van der Waals surface area contributed by atoms with Crippen LogP contribution in [0, 0.1) is 6.92 Å². The van der Waals surface area contributed by atoms with Gasteiger partial charge in [-0.15, -0.1) is 0 Å². The largest absolute Gasteiger partial charge is 0.507 e. The van der Waals surface area contributed by atoms with Gasteiger partial charge in [-0.1, -0.05) is 17.7 Å². The van der Waals surface area contributed by atoms with Crippen molar-refractivity contribution >= 4 is 17.6 Å². The summed E-state index contributed by atoms with van der Waals surface area (Å²) in [6.45, 7) is 1.92. The molecule has 2 aromatic rings. The summed E-state index contributed by atoms with van der Waals surface area (Å²) in [7, 11) is 0. The summed E-state index contributed by atoms with van der Waals surface area (Å²) in [6, 6.07) is 10.9. The normalized spacial score (nSPS) is 10.1. The Labute approximate surface area is 115 Å². The van der Waals surface area contributed by atoms with Crippen LogP contribution in [0.25, 0.3) is 0 Å². The van der Waals surface area contributed by atoms with Crippen LogP contribution in [0.2, 0.25) is 0 Å². The first-order valence-electron chi connectivity index (χ1n) is 5.91. The highest BCUT2D eigenvalue weighted by Gasteiger charge is 2.11. The second kappa shape index (κ2) is 5.44. The van der Waals surface area contributed by atoms with E-state index in [2.05, 4.69) is 5.32 Å². The maximum absolute atomic E-state index is 11.9. The predicted octanol–water partition coefficient (Wildman–Crippen LogP) is 2.65. The summed E-state index contributed by atoms with van der Waals surface area (Å²) < 4.78 is 0. The smallest absolute Gasteiger partial charge is 0.339 e. The van der Waals surface area contributed by atoms with Crippen LogP contribution in [-0.4, -0.2) is 22.1 Å². The number of amides is 1. The summed E-state index contributed by atoms with van der Waals surface area (Å²) in [5, 5.41) is 20.9. The lowest BCUT2D eigenvalue weighted by molar-refractivity contribution is 0.0693. The number of phenols is 1. The highest BCUT2D eigenvalue weighted by molar-refractivity contribution is 6.04. The number of carbonyl (C=O) groups is 2. The lowest BCUT2D eigenvalue weighted by Gasteiger charge is -2.07. The Balaban J connectivity index is 2.18. The first-order valence-corrected chi connectivity index (χ1v) is 5.91. The molecule has 0 aromatic heterocycles. The number of aryl methyl sites for hydroxylation is 1. The predicted molar refractivity (Wildman–Crippen MR) is 74.2 cm³/mol. The number of hydrogen-bond acceptors (Lipinski definition) is 3. The lowest BCUT2D eigenvalue weighted by Crippen LogP contribution is -2.12. The highest BCUT2D eigenvalue weighted by Crippen LogP contribution is 2.22. The van der Waals surface area contributed by atoms with Crippen LogP contribution in [-0.2, 0) is 0 Å². The molecule has 5 heteroatoms. The van der Waals surface area contributed by atoms with E-state index in [1.54, 1.807) is 12.1 Å². The molecule has 3 N–H and O–H groups in total. The Morgan fingerprint density at radius 2 is 1.70 bits per heavy atom. The van der Waals surface area contributed by atoms with Crippen molar-refractivity contribution in [2.45, 2.75) is 6.92 Å². The quantitative estimate of drug-likeness (QED) is 0.801. The summed E-state index contributed by atoms with van der Waals surface area (Å²) in [5.74, 6) is -1.94. The molecule has 0 heterocycles. The Morgan fingerprint density at radius 1 is 1.05 bits per heavy atom. The van der Waals surface area contributed by atoms with Gasteiger partial charge in [-0.25, -0.2) is 4.79 Å². The van der Waals surface area contributed by atoms with Crippen molar-refractivity contribution in [3.8, 4) is 5.75 Å². The third-order valence-corrected chi connectivity index (χ3v) is 2.80. The van der Waals surface area contributed by atoms with E-state index < -0.39 is 5.97 Å². The molecule has 0 aliphatic carbocycles. The van der Waals surface area contributed by atoms with Crippen LogP contribution in [0.3, 0.4) is 0 Å². The first kappa shape index (κ1) is 13.6. The molecule has 0 saturated heterocycles. The van der Waals surface area contributed by atoms with Gasteiger partial charge in [0.2, 0.25) is 0 Å². The number of aromatic hydroxyl groups is 1. The van der Waals surface area contributed by atoms with Crippen LogP contribution in [0.4, 0.5) is 5.69 Å². The van der Waals surface area contributed by atoms with E-state index in [1.807, 2.05) is 19.1 Å². The average molecular weight is 271 g/mol. The van der Waals surface area contributed by atoms with Gasteiger partial charge in [-0.2, -0.15) is 0 Å². The number of benzene rings is 2. The molecule has 0 aliphatic heterocycles. The van der Waals surface area contributed by atoms with Gasteiger partial charge < -0.3 is 15.5 Å². The minimum Gasteiger partial charge on any atom is -0.507 e. The number of hydrogen-bond donors (Lipinski definition) is 3. The minimum atomic E-state index is -1.22. The molecule has 2 rings (SSSR count). The van der Waals surface area contributed by atoms with Crippen LogP contribution in [0.5, 0.6) is 5.75 Å². The zero-order valence-electron chi connectivity index (χ0n) is 10.8. The maximum atomic E-state index is 11.9. The van der Waals surface area contributed by atoms with Gasteiger partial charge >= 0.3 is 5.97 Å². The fraction of sp³-hybridized carbons (Fsp3) is 0.0667. The molecule has 1 amide bonds. The topological polar surface area (TPSA) is 86.6 Å². The molecule has 0 spiro atoms. The van der Waals surface area contributed by atoms with Gasteiger partial charge in [0, 0.05) is 17.3 Å². The van der Waals surface area contributed by atoms with E-state index in [9.17, 15) is 14.7 Å². The Hall–Kier alpha value is -2.82. The molecule has 0 atom stereocenters. The fourth-order valence-corrected chi connectivity index (χ4v) is 1.70. The fourth-order valence-electron chi connectivity index (χ4n) is 1.70. The van der Waals surface area contributed by atoms with E-state index in [0.717, 1.165) is 5.56 Å². The number of nitrogens with one attached hydrogen (secondary N) is 1. The molecule has 0 bridgehead atoms. The van der Waals surface area contributed by atoms with Crippen LogP contribution >= 0.6 is 0 Å². The summed E-state index contributed by atoms with van der Waals surface area (Å²) in [5.41, 5.74) is 1.65. The molecule has 0 saturated carbocycles. The second-order valence-corrected chi connectivity index (χ2v) is 4.36. The molecule has 0 aliphatic rings. The molecule has 0 radical (unpaired) electrons. The van der Waals surface area contributed by atoms with Crippen LogP contribution in [0.1, 0.15) is 26.3 Å². The molecule has 2 aromatic carbocycles. The molecule has 5 nitrogen and oxygen atoms in total. The summed E-state index contributed by atoms with van der Waals surface area (Å²) >= 11 is 0. The standard InChI is InChI=1S/C15H13NO4/c1-9-2-4-10(5-3-9)14(18)16-11-6-7-12(15(19)20)13(17)8-11/h2-8,17H,1H3,(H,16,18)(H,19,20). The lowest BCUT2D eigenvalue weighted by atomic mass is 10.1. The average Bonchev–Trinajstić information content (AvgIpc) is 2.39. The van der Waals surface area contributed by atoms with E-state index in [0.29, 0.717) is 11.3 Å². The molecular weight excluding hydrogens is 258 g/mol. The third kappa shape index (κ3) is 2.95. The van der Waals surface area contributed by atoms with Gasteiger partial charge in [0.1, 0.15) is 11.3 Å². The second-order valence-electron chi connectivity index (χ2n) is 4.36. The van der Waals surface area contributed by atoms with Gasteiger partial charge in [0.15, 0.2) is 0 Å². The first-order chi connectivity index (χ1) is 9.47. The zero-order valence-corrected chi connectivity index (χ0v) is 10.8. The molecule has 0 fully saturated rings. The van der Waals surface area contributed by atoms with Crippen molar-refractivity contribution in [1.82, 2.24) is 0 Å². The third-order valence-electron chi connectivity index (χ3n) is 2.80. The van der Waals surface area contributed by atoms with Gasteiger partial charge in [-0.05, 0) is 31.2 Å². The minimum absolute atomic E-state index is 0.210. The Kier molecular flexibility index (Phi) is 3.70. The van der Waals surface area contributed by atoms with Gasteiger partial charge in [-0.3, -0.25) is 4.79 Å². The van der Waals surface area contributed by atoms with E-state index >= 15 is 0 Å². The van der Waals surface area contributed by atoms with Crippen LogP contribution in [0.15, 0.2) is 42.5 Å². The van der Waals surface area contributed by atoms with Crippen molar-refractivity contribution in [2.75, 3.05) is 5.32 Å². The van der Waals surface area contributed by atoms with Crippen molar-refractivity contribution < 1.29 is 19.8 Å². The zero-order chi connectivity index (χ0) is 14.7. The Morgan fingerprint density at radius 3 is 2.25 bits per heavy atom. The summed E-state index contributed by atoms with van der Waals surface area (Å²) in [4.78, 5) is 22.7. The number of aromatic carboxylic acids is 1. The monoisotopic (exact) mass is 271 g/mol. The van der Waals surface area contributed by atoms with E-state index in [4.69, 9.17) is 5.11 Å². The van der Waals surface area contributed by atoms with Crippen molar-refractivity contribution in [2.24, 2.45) is 0 Å². The number of carboxylic acids is 1. The van der Waals surface area contributed by atoms with Gasteiger partial charge in [0.25, 0.3) is 5.91 Å². The van der Waals surface area contributed by atoms with E-state index in [-0.39, 0.29) is 17.2 Å². The Bertz CT molecular complexity index is 662. The molecule has 20 heavy (non-hydrogen) atoms. The molecule has 0 unspecified atom stereocenters. The number of anilines is 1. The number of carbonyl (C=O) groups excluding carboxylic acids is 1. The molecular formula is C15H13NO4. The SMILES string of the molecule is Cc1ccc(C(=O)Nc2ccc(C(=O)O)c(O)c2)cc1.